The van der Waals surface area contributed by atoms with Gasteiger partial charge in [-0.05, 0) is 43.4 Å². The molecule has 2 unspecified atom stereocenters. The number of phosphoric acid groups is 2. The Morgan fingerprint density at radius 3 is 0.850 bits per heavy atom. The Hall–Kier alpha value is -1.94. The lowest BCUT2D eigenvalue weighted by atomic mass is 10.0. The maximum absolute atomic E-state index is 12.9. The number of hydrogen-bond donors (Lipinski definition) is 3. The second-order valence-corrected chi connectivity index (χ2v) is 26.4. The van der Waals surface area contributed by atoms with Gasteiger partial charge in [0.15, 0.2) is 12.2 Å². The van der Waals surface area contributed by atoms with Crippen molar-refractivity contribution in [2.45, 2.75) is 311 Å². The molecule has 0 bridgehead atoms. The van der Waals surface area contributed by atoms with Crippen LogP contribution >= 0.6 is 15.6 Å². The summed E-state index contributed by atoms with van der Waals surface area (Å²) in [5, 5.41) is 10.5. The molecule has 17 nitrogen and oxygen atoms in total. The SMILES string of the molecule is CCCCCCCCCC(=O)OC[C@H](COP(=O)(O)OC[C@H](O)COP(=O)(O)OC[C@@H](COC(=O)CCCCCCCCCCC(C)C)OC(=O)CCCCCCCCCCCCC(C)C)OC(=O)CCCCCCCCC(C)C. The molecule has 0 fully saturated rings. The van der Waals surface area contributed by atoms with Gasteiger partial charge in [-0.15, -0.1) is 0 Å². The summed E-state index contributed by atoms with van der Waals surface area (Å²) in [6, 6.07) is 0. The summed E-state index contributed by atoms with van der Waals surface area (Å²) in [6.45, 7) is 11.6. The van der Waals surface area contributed by atoms with Gasteiger partial charge in [-0.25, -0.2) is 9.13 Å². The van der Waals surface area contributed by atoms with Crippen molar-refractivity contribution < 1.29 is 80.2 Å². The number of hydrogen-bond acceptors (Lipinski definition) is 15. The fourth-order valence-electron chi connectivity index (χ4n) is 8.95. The maximum atomic E-state index is 12.9. The average molecular weight is 1190 g/mol. The number of carbonyl (C=O) groups is 4. The van der Waals surface area contributed by atoms with E-state index in [1.807, 2.05) is 0 Å². The van der Waals surface area contributed by atoms with Gasteiger partial charge in [-0.2, -0.15) is 0 Å². The second kappa shape index (κ2) is 52.6. The molecule has 0 aromatic rings. The van der Waals surface area contributed by atoms with Gasteiger partial charge in [-0.1, -0.05) is 241 Å². The van der Waals surface area contributed by atoms with Gasteiger partial charge in [0.25, 0.3) is 0 Å². The topological polar surface area (TPSA) is 237 Å². The van der Waals surface area contributed by atoms with Gasteiger partial charge >= 0.3 is 39.5 Å². The Morgan fingerprint density at radius 1 is 0.338 bits per heavy atom. The lowest BCUT2D eigenvalue weighted by molar-refractivity contribution is -0.161. The third kappa shape index (κ3) is 55.3. The van der Waals surface area contributed by atoms with Crippen molar-refractivity contribution in [3.8, 4) is 0 Å². The van der Waals surface area contributed by atoms with Crippen LogP contribution < -0.4 is 0 Å². The Labute approximate surface area is 486 Å². The van der Waals surface area contributed by atoms with E-state index in [1.54, 1.807) is 0 Å². The highest BCUT2D eigenvalue weighted by molar-refractivity contribution is 7.47. The molecule has 0 aliphatic carbocycles. The van der Waals surface area contributed by atoms with Gasteiger partial charge in [0, 0.05) is 25.7 Å². The minimum atomic E-state index is -4.94. The number of unbranched alkanes of at least 4 members (excludes halogenated alkanes) is 27. The van der Waals surface area contributed by atoms with Crippen LogP contribution in [0.1, 0.15) is 292 Å². The predicted molar refractivity (Wildman–Crippen MR) is 317 cm³/mol. The summed E-state index contributed by atoms with van der Waals surface area (Å²) >= 11 is 0. The number of ether oxygens (including phenoxy) is 4. The number of aliphatic hydroxyl groups is 1. The summed E-state index contributed by atoms with van der Waals surface area (Å²) in [6.07, 6.45) is 32.4. The van der Waals surface area contributed by atoms with Gasteiger partial charge in [0.1, 0.15) is 19.3 Å². The van der Waals surface area contributed by atoms with Crippen LogP contribution in [-0.2, 0) is 65.4 Å². The third-order valence-electron chi connectivity index (χ3n) is 13.9. The Kier molecular flexibility index (Phi) is 51.3. The van der Waals surface area contributed by atoms with Crippen molar-refractivity contribution in [2.24, 2.45) is 17.8 Å². The molecule has 0 aromatic heterocycles. The second-order valence-electron chi connectivity index (χ2n) is 23.5. The first-order valence-corrected chi connectivity index (χ1v) is 34.8. The smallest absolute Gasteiger partial charge is 0.462 e. The molecule has 0 spiro atoms. The van der Waals surface area contributed by atoms with E-state index in [4.69, 9.17) is 37.0 Å². The minimum absolute atomic E-state index is 0.101. The molecule has 19 heteroatoms. The molecule has 0 saturated carbocycles. The average Bonchev–Trinajstić information content (AvgIpc) is 3.40. The first-order chi connectivity index (χ1) is 38.2. The molecule has 0 aromatic carbocycles. The summed E-state index contributed by atoms with van der Waals surface area (Å²) < 4.78 is 67.7. The molecule has 3 N–H and O–H groups in total. The van der Waals surface area contributed by atoms with Crippen molar-refractivity contribution >= 4 is 39.5 Å². The van der Waals surface area contributed by atoms with Crippen LogP contribution in [0.25, 0.3) is 0 Å². The largest absolute Gasteiger partial charge is 0.472 e. The molecular formula is C61H118O17P2. The summed E-state index contributed by atoms with van der Waals surface area (Å²) in [4.78, 5) is 71.9. The number of esters is 4. The van der Waals surface area contributed by atoms with Crippen LogP contribution in [0.4, 0.5) is 0 Å². The van der Waals surface area contributed by atoms with Crippen molar-refractivity contribution in [1.82, 2.24) is 0 Å². The van der Waals surface area contributed by atoms with E-state index in [0.717, 1.165) is 115 Å². The van der Waals surface area contributed by atoms with Gasteiger partial charge in [0.2, 0.25) is 0 Å². The van der Waals surface area contributed by atoms with E-state index in [0.29, 0.717) is 31.6 Å². The Morgan fingerprint density at radius 2 is 0.575 bits per heavy atom. The summed E-state index contributed by atoms with van der Waals surface area (Å²) in [5.41, 5.74) is 0. The maximum Gasteiger partial charge on any atom is 0.472 e. The molecule has 0 saturated heterocycles. The van der Waals surface area contributed by atoms with E-state index < -0.39 is 97.5 Å². The van der Waals surface area contributed by atoms with Crippen LogP contribution in [0.15, 0.2) is 0 Å². The van der Waals surface area contributed by atoms with E-state index in [1.165, 1.54) is 89.9 Å². The zero-order chi connectivity index (χ0) is 59.5. The molecule has 0 rings (SSSR count). The van der Waals surface area contributed by atoms with Crippen molar-refractivity contribution in [1.29, 1.82) is 0 Å². The van der Waals surface area contributed by atoms with E-state index in [2.05, 4.69) is 48.5 Å². The minimum Gasteiger partial charge on any atom is -0.462 e. The summed E-state index contributed by atoms with van der Waals surface area (Å²) in [7, 11) is -9.88. The molecule has 0 aliphatic rings. The van der Waals surface area contributed by atoms with Crippen molar-refractivity contribution in [2.75, 3.05) is 39.6 Å². The number of rotatable bonds is 59. The predicted octanol–water partition coefficient (Wildman–Crippen LogP) is 16.3. The monoisotopic (exact) mass is 1180 g/mol. The van der Waals surface area contributed by atoms with Gasteiger partial charge < -0.3 is 33.8 Å². The molecule has 474 valence electrons. The Bertz CT molecular complexity index is 1600. The van der Waals surface area contributed by atoms with Crippen molar-refractivity contribution in [3.63, 3.8) is 0 Å². The normalized spacial score (nSPS) is 14.5. The van der Waals surface area contributed by atoms with Gasteiger partial charge in [0.05, 0.1) is 26.4 Å². The molecule has 0 amide bonds. The van der Waals surface area contributed by atoms with E-state index >= 15 is 0 Å². The molecule has 0 radical (unpaired) electrons. The van der Waals surface area contributed by atoms with E-state index in [9.17, 15) is 43.2 Å². The van der Waals surface area contributed by atoms with E-state index in [-0.39, 0.29) is 25.7 Å². The zero-order valence-electron chi connectivity index (χ0n) is 51.5. The lowest BCUT2D eigenvalue weighted by Gasteiger charge is -2.21. The molecule has 0 heterocycles. The highest BCUT2D eigenvalue weighted by Crippen LogP contribution is 2.45. The number of phosphoric ester groups is 2. The van der Waals surface area contributed by atoms with Crippen LogP contribution in [0, 0.1) is 17.8 Å². The lowest BCUT2D eigenvalue weighted by Crippen LogP contribution is -2.30. The highest BCUT2D eigenvalue weighted by atomic mass is 31.2. The van der Waals surface area contributed by atoms with Crippen LogP contribution in [0.3, 0.4) is 0 Å². The molecule has 5 atom stereocenters. The summed E-state index contributed by atoms with van der Waals surface area (Å²) in [5.74, 6) is -0.000521. The third-order valence-corrected chi connectivity index (χ3v) is 15.8. The number of aliphatic hydroxyl groups excluding tert-OH is 1. The fourth-order valence-corrected chi connectivity index (χ4v) is 10.5. The number of carbonyl (C=O) groups excluding carboxylic acids is 4. The first-order valence-electron chi connectivity index (χ1n) is 31.8. The standard InChI is InChI=1S/C61H118O17P2/c1-8-9-10-11-18-28-35-42-58(63)71-48-57(78-61(66)45-38-31-24-23-27-34-41-54(6)7)51-76-80(69,70)74-47-55(62)46-73-79(67,68)75-50-56(49-72-59(64)43-36-29-21-17-16-20-26-33-40-53(4)5)77-60(65)44-37-30-22-15-13-12-14-19-25-32-39-52(2)3/h52-57,62H,8-51H2,1-7H3,(H,67,68)(H,69,70)/t55-,56-,57-/m1/s1. The van der Waals surface area contributed by atoms with Crippen LogP contribution in [-0.4, -0.2) is 96.7 Å². The highest BCUT2D eigenvalue weighted by Gasteiger charge is 2.30. The van der Waals surface area contributed by atoms with Crippen molar-refractivity contribution in [3.05, 3.63) is 0 Å². The fraction of sp³-hybridized carbons (Fsp3) is 0.934. The first kappa shape index (κ1) is 78.1. The quantitative estimate of drug-likeness (QED) is 0.0222. The zero-order valence-corrected chi connectivity index (χ0v) is 53.3. The molecular weight excluding hydrogens is 1070 g/mol. The van der Waals surface area contributed by atoms with Crippen LogP contribution in [0.5, 0.6) is 0 Å². The van der Waals surface area contributed by atoms with Crippen LogP contribution in [0.2, 0.25) is 0 Å². The van der Waals surface area contributed by atoms with Gasteiger partial charge in [-0.3, -0.25) is 37.3 Å². The molecule has 0 aliphatic heterocycles. The molecule has 80 heavy (non-hydrogen) atoms. The Balaban J connectivity index is 5.22.